The molecule has 2 aliphatic heterocycles. The predicted octanol–water partition coefficient (Wildman–Crippen LogP) is 3.02. The van der Waals surface area contributed by atoms with Gasteiger partial charge in [0.05, 0.1) is 12.0 Å². The highest BCUT2D eigenvalue weighted by molar-refractivity contribution is 6.04. The monoisotopic (exact) mass is 380 g/mol. The molecule has 148 valence electrons. The largest absolute Gasteiger partial charge is 0.340 e. The summed E-state index contributed by atoms with van der Waals surface area (Å²) in [6.45, 7) is 4.11. The molecule has 1 atom stereocenters. The van der Waals surface area contributed by atoms with Gasteiger partial charge in [-0.3, -0.25) is 9.59 Å². The van der Waals surface area contributed by atoms with Gasteiger partial charge in [0.2, 0.25) is 0 Å². The maximum Gasteiger partial charge on any atom is 0.254 e. The zero-order valence-corrected chi connectivity index (χ0v) is 16.7. The van der Waals surface area contributed by atoms with Crippen LogP contribution < -0.4 is 0 Å². The minimum Gasteiger partial charge on any atom is -0.340 e. The second-order valence-electron chi connectivity index (χ2n) is 7.92. The molecule has 1 saturated heterocycles. The number of hydrogen-bond acceptors (Lipinski definition) is 3. The minimum absolute atomic E-state index is 0.0205. The number of rotatable bonds is 6. The van der Waals surface area contributed by atoms with E-state index < -0.39 is 0 Å². The summed E-state index contributed by atoms with van der Waals surface area (Å²) in [4.78, 5) is 34.3. The summed E-state index contributed by atoms with van der Waals surface area (Å²) in [6.07, 6.45) is 8.76. The van der Waals surface area contributed by atoms with Crippen molar-refractivity contribution < 1.29 is 9.59 Å². The third-order valence-corrected chi connectivity index (χ3v) is 5.93. The van der Waals surface area contributed by atoms with E-state index in [1.165, 1.54) is 0 Å². The normalized spacial score (nSPS) is 18.8. The number of imidazole rings is 1. The Balaban J connectivity index is 1.51. The second kappa shape index (κ2) is 7.78. The van der Waals surface area contributed by atoms with Gasteiger partial charge in [0, 0.05) is 56.5 Å². The Hall–Kier alpha value is -2.63. The van der Waals surface area contributed by atoms with E-state index in [0.29, 0.717) is 36.7 Å². The van der Waals surface area contributed by atoms with Crippen LogP contribution in [0.2, 0.25) is 0 Å². The SMILES string of the molecule is CCC[C@H]1CCCN1C(=O)c1cccc2c1CN(CCc1cn(C)cn1)C2=O. The highest BCUT2D eigenvalue weighted by Crippen LogP contribution is 2.30. The molecule has 0 N–H and O–H groups in total. The van der Waals surface area contributed by atoms with Crippen LogP contribution in [0.3, 0.4) is 0 Å². The molecule has 1 fully saturated rings. The highest BCUT2D eigenvalue weighted by atomic mass is 16.2. The fourth-order valence-corrected chi connectivity index (χ4v) is 4.51. The number of carbonyl (C=O) groups excluding carboxylic acids is 2. The Bertz CT molecular complexity index is 888. The first-order chi connectivity index (χ1) is 13.6. The summed E-state index contributed by atoms with van der Waals surface area (Å²) in [5, 5.41) is 0. The van der Waals surface area contributed by atoms with Gasteiger partial charge in [0.1, 0.15) is 0 Å². The van der Waals surface area contributed by atoms with E-state index >= 15 is 0 Å². The van der Waals surface area contributed by atoms with Crippen molar-refractivity contribution in [3.05, 3.63) is 53.1 Å². The fourth-order valence-electron chi connectivity index (χ4n) is 4.51. The van der Waals surface area contributed by atoms with Crippen molar-refractivity contribution in [3.8, 4) is 0 Å². The van der Waals surface area contributed by atoms with Crippen molar-refractivity contribution in [2.75, 3.05) is 13.1 Å². The molecule has 4 rings (SSSR count). The summed E-state index contributed by atoms with van der Waals surface area (Å²) >= 11 is 0. The van der Waals surface area contributed by atoms with E-state index in [2.05, 4.69) is 11.9 Å². The first kappa shape index (κ1) is 18.7. The summed E-state index contributed by atoms with van der Waals surface area (Å²) in [7, 11) is 1.94. The second-order valence-corrected chi connectivity index (χ2v) is 7.92. The first-order valence-corrected chi connectivity index (χ1v) is 10.3. The molecule has 6 nitrogen and oxygen atoms in total. The molecule has 2 amide bonds. The molecule has 2 aliphatic rings. The van der Waals surface area contributed by atoms with Gasteiger partial charge >= 0.3 is 0 Å². The zero-order valence-electron chi connectivity index (χ0n) is 16.7. The number of aromatic nitrogens is 2. The van der Waals surface area contributed by atoms with Crippen molar-refractivity contribution >= 4 is 11.8 Å². The highest BCUT2D eigenvalue weighted by Gasteiger charge is 2.34. The van der Waals surface area contributed by atoms with Crippen LogP contribution in [0.5, 0.6) is 0 Å². The number of likely N-dealkylation sites (tertiary alicyclic amines) is 1. The van der Waals surface area contributed by atoms with Gasteiger partial charge in [-0.2, -0.15) is 0 Å². The molecule has 3 heterocycles. The Morgan fingerprint density at radius 3 is 2.93 bits per heavy atom. The smallest absolute Gasteiger partial charge is 0.254 e. The lowest BCUT2D eigenvalue weighted by molar-refractivity contribution is 0.0724. The van der Waals surface area contributed by atoms with E-state index in [0.717, 1.165) is 43.5 Å². The van der Waals surface area contributed by atoms with E-state index in [1.807, 2.05) is 45.8 Å². The van der Waals surface area contributed by atoms with Crippen molar-refractivity contribution in [1.29, 1.82) is 0 Å². The van der Waals surface area contributed by atoms with Crippen LogP contribution in [0.1, 0.15) is 64.6 Å². The third kappa shape index (κ3) is 3.43. The van der Waals surface area contributed by atoms with E-state index in [9.17, 15) is 9.59 Å². The molecule has 1 aromatic heterocycles. The molecule has 6 heteroatoms. The van der Waals surface area contributed by atoms with Crippen LogP contribution >= 0.6 is 0 Å². The van der Waals surface area contributed by atoms with Gasteiger partial charge in [0.25, 0.3) is 11.8 Å². The molecular formula is C22H28N4O2. The van der Waals surface area contributed by atoms with E-state index in [4.69, 9.17) is 0 Å². The quantitative estimate of drug-likeness (QED) is 0.774. The summed E-state index contributed by atoms with van der Waals surface area (Å²) in [5.74, 6) is 0.110. The molecule has 0 radical (unpaired) electrons. The van der Waals surface area contributed by atoms with Gasteiger partial charge in [-0.15, -0.1) is 0 Å². The molecule has 0 spiro atoms. The van der Waals surface area contributed by atoms with Gasteiger partial charge in [0.15, 0.2) is 0 Å². The molecule has 2 aromatic rings. The Morgan fingerprint density at radius 1 is 1.32 bits per heavy atom. The summed E-state index contributed by atoms with van der Waals surface area (Å²) in [5.41, 5.74) is 3.25. The van der Waals surface area contributed by atoms with Crippen LogP contribution in [-0.2, 0) is 20.0 Å². The van der Waals surface area contributed by atoms with Crippen molar-refractivity contribution in [1.82, 2.24) is 19.4 Å². The molecule has 1 aromatic carbocycles. The van der Waals surface area contributed by atoms with Crippen LogP contribution in [0.25, 0.3) is 0 Å². The van der Waals surface area contributed by atoms with E-state index in [-0.39, 0.29) is 11.8 Å². The van der Waals surface area contributed by atoms with Crippen LogP contribution in [0.4, 0.5) is 0 Å². The van der Waals surface area contributed by atoms with Crippen LogP contribution in [0.15, 0.2) is 30.7 Å². The minimum atomic E-state index is 0.0205. The topological polar surface area (TPSA) is 58.4 Å². The molecule has 0 saturated carbocycles. The van der Waals surface area contributed by atoms with Crippen LogP contribution in [0, 0.1) is 0 Å². The maximum atomic E-state index is 13.3. The molecule has 0 bridgehead atoms. The number of nitrogens with zero attached hydrogens (tertiary/aromatic N) is 4. The van der Waals surface area contributed by atoms with Crippen molar-refractivity contribution in [2.45, 2.75) is 51.6 Å². The lowest BCUT2D eigenvalue weighted by Crippen LogP contribution is -2.36. The number of fused-ring (bicyclic) bond motifs is 1. The van der Waals surface area contributed by atoms with Gasteiger partial charge in [-0.25, -0.2) is 4.98 Å². The Kier molecular flexibility index (Phi) is 5.20. The number of amides is 2. The zero-order chi connectivity index (χ0) is 19.7. The first-order valence-electron chi connectivity index (χ1n) is 10.3. The molecule has 0 aliphatic carbocycles. The Labute approximate surface area is 166 Å². The average molecular weight is 380 g/mol. The van der Waals surface area contributed by atoms with Gasteiger partial charge < -0.3 is 14.4 Å². The number of hydrogen-bond donors (Lipinski definition) is 0. The maximum absolute atomic E-state index is 13.3. The number of aryl methyl sites for hydroxylation is 1. The third-order valence-electron chi connectivity index (χ3n) is 5.93. The lowest BCUT2D eigenvalue weighted by Gasteiger charge is -2.25. The van der Waals surface area contributed by atoms with Gasteiger partial charge in [-0.1, -0.05) is 19.4 Å². The van der Waals surface area contributed by atoms with Crippen LogP contribution in [-0.4, -0.2) is 50.3 Å². The van der Waals surface area contributed by atoms with Crippen molar-refractivity contribution in [2.24, 2.45) is 7.05 Å². The summed E-state index contributed by atoms with van der Waals surface area (Å²) < 4.78 is 1.91. The van der Waals surface area contributed by atoms with E-state index in [1.54, 1.807) is 6.33 Å². The molecule has 0 unspecified atom stereocenters. The van der Waals surface area contributed by atoms with Gasteiger partial charge in [-0.05, 0) is 37.0 Å². The average Bonchev–Trinajstić information content (AvgIpc) is 3.40. The molecule has 28 heavy (non-hydrogen) atoms. The standard InChI is InChI=1S/C22H28N4O2/c1-3-6-17-7-5-11-26(17)22(28)19-9-4-8-18-20(19)14-25(21(18)27)12-10-16-13-24(2)15-23-16/h4,8-9,13,15,17H,3,5-7,10-12,14H2,1-2H3/t17-/m0/s1. The Morgan fingerprint density at radius 2 is 2.18 bits per heavy atom. The lowest BCUT2D eigenvalue weighted by atomic mass is 10.0. The number of carbonyl (C=O) groups is 2. The predicted molar refractivity (Wildman–Crippen MR) is 107 cm³/mol. The fraction of sp³-hybridized carbons (Fsp3) is 0.500. The molecular weight excluding hydrogens is 352 g/mol. The summed E-state index contributed by atoms with van der Waals surface area (Å²) in [6, 6.07) is 5.92. The number of benzene rings is 1. The van der Waals surface area contributed by atoms with Crippen molar-refractivity contribution in [3.63, 3.8) is 0 Å².